The monoisotopic (exact) mass is 385 g/mol. The summed E-state index contributed by atoms with van der Waals surface area (Å²) in [7, 11) is 0. The average molecular weight is 386 g/mol. The van der Waals surface area contributed by atoms with E-state index in [1.807, 2.05) is 19.3 Å². The van der Waals surface area contributed by atoms with Gasteiger partial charge < -0.3 is 0 Å². The molecule has 1 aliphatic rings. The van der Waals surface area contributed by atoms with Crippen molar-refractivity contribution >= 4 is 10.9 Å². The minimum absolute atomic E-state index is 0.363. The van der Waals surface area contributed by atoms with Crippen molar-refractivity contribution in [3.8, 4) is 22.4 Å². The molecule has 29 heavy (non-hydrogen) atoms. The normalized spacial score (nSPS) is 16.3. The summed E-state index contributed by atoms with van der Waals surface area (Å²) in [5.41, 5.74) is 6.72. The van der Waals surface area contributed by atoms with Gasteiger partial charge in [-0.3, -0.25) is 14.8 Å². The zero-order valence-corrected chi connectivity index (χ0v) is 17.2. The van der Waals surface area contributed by atoms with E-state index in [1.165, 1.54) is 32.1 Å². The average Bonchev–Trinajstić information content (AvgIpc) is 3.37. The van der Waals surface area contributed by atoms with Gasteiger partial charge in [0.15, 0.2) is 0 Å². The highest BCUT2D eigenvalue weighted by Crippen LogP contribution is 2.38. The number of pyridine rings is 1. The number of H-pyrrole nitrogens is 1. The zero-order valence-electron chi connectivity index (χ0n) is 17.2. The fourth-order valence-corrected chi connectivity index (χ4v) is 4.64. The summed E-state index contributed by atoms with van der Waals surface area (Å²) in [6.45, 7) is 5.43. The van der Waals surface area contributed by atoms with Crippen LogP contribution in [0.3, 0.4) is 0 Å². The highest BCUT2D eigenvalue weighted by molar-refractivity contribution is 5.87. The van der Waals surface area contributed by atoms with Crippen molar-refractivity contribution in [2.24, 2.45) is 5.41 Å². The van der Waals surface area contributed by atoms with Crippen LogP contribution in [0.4, 0.5) is 0 Å². The van der Waals surface area contributed by atoms with E-state index in [2.05, 4.69) is 58.3 Å². The van der Waals surface area contributed by atoms with Crippen LogP contribution in [-0.4, -0.2) is 25.0 Å². The molecule has 5 heteroatoms. The van der Waals surface area contributed by atoms with Crippen molar-refractivity contribution in [2.45, 2.75) is 52.5 Å². The molecule has 5 nitrogen and oxygen atoms in total. The Labute approximate surface area is 171 Å². The molecule has 0 radical (unpaired) electrons. The van der Waals surface area contributed by atoms with Crippen LogP contribution in [0, 0.1) is 12.3 Å². The summed E-state index contributed by atoms with van der Waals surface area (Å²) in [5.74, 6) is 0. The second kappa shape index (κ2) is 7.14. The Hall–Kier alpha value is -2.95. The van der Waals surface area contributed by atoms with Gasteiger partial charge in [0.05, 0.1) is 23.6 Å². The van der Waals surface area contributed by atoms with E-state index in [9.17, 15) is 0 Å². The molecule has 4 aromatic rings. The van der Waals surface area contributed by atoms with Crippen LogP contribution in [0.15, 0.2) is 48.9 Å². The Bertz CT molecular complexity index is 1150. The zero-order chi connectivity index (χ0) is 19.8. The Morgan fingerprint density at radius 3 is 2.76 bits per heavy atom. The molecule has 1 aromatic carbocycles. The van der Waals surface area contributed by atoms with Gasteiger partial charge in [-0.25, -0.2) is 0 Å². The predicted molar refractivity (Wildman–Crippen MR) is 116 cm³/mol. The fourth-order valence-electron chi connectivity index (χ4n) is 4.64. The maximum atomic E-state index is 4.88. The number of nitrogens with zero attached hydrogens (tertiary/aromatic N) is 4. The number of hydrogen-bond donors (Lipinski definition) is 1. The molecule has 0 atom stereocenters. The van der Waals surface area contributed by atoms with Gasteiger partial charge in [-0.15, -0.1) is 0 Å². The smallest absolute Gasteiger partial charge is 0.0785 e. The number of rotatable bonds is 4. The van der Waals surface area contributed by atoms with E-state index in [0.29, 0.717) is 5.41 Å². The summed E-state index contributed by atoms with van der Waals surface area (Å²) in [4.78, 5) is 4.88. The van der Waals surface area contributed by atoms with Crippen molar-refractivity contribution < 1.29 is 0 Å². The van der Waals surface area contributed by atoms with Crippen molar-refractivity contribution in [3.63, 3.8) is 0 Å². The third kappa shape index (κ3) is 3.57. The first-order chi connectivity index (χ1) is 14.1. The molecule has 3 heterocycles. The molecule has 0 saturated heterocycles. The van der Waals surface area contributed by atoms with Gasteiger partial charge in [-0.2, -0.15) is 10.2 Å². The second-order valence-corrected chi connectivity index (χ2v) is 8.82. The predicted octanol–water partition coefficient (Wildman–Crippen LogP) is 5.77. The molecule has 3 aromatic heterocycles. The van der Waals surface area contributed by atoms with Gasteiger partial charge in [-0.1, -0.05) is 44.4 Å². The van der Waals surface area contributed by atoms with Crippen molar-refractivity contribution in [1.29, 1.82) is 0 Å². The summed E-state index contributed by atoms with van der Waals surface area (Å²) in [5, 5.41) is 13.0. The Kier molecular flexibility index (Phi) is 4.46. The van der Waals surface area contributed by atoms with E-state index < -0.39 is 0 Å². The highest BCUT2D eigenvalue weighted by atomic mass is 15.3. The van der Waals surface area contributed by atoms with Gasteiger partial charge in [0.1, 0.15) is 0 Å². The standard InChI is InChI=1S/C24H27N5/c1-17-6-9-21(23(27-17)18-7-8-19-13-25-28-22(19)12-18)20-14-26-29(15-20)16-24(2)10-4-3-5-11-24/h6-9,12-15H,3-5,10-11,16H2,1-2H3,(H,25,28). The Morgan fingerprint density at radius 1 is 1.03 bits per heavy atom. The number of aryl methyl sites for hydroxylation is 1. The van der Waals surface area contributed by atoms with Crippen LogP contribution >= 0.6 is 0 Å². The van der Waals surface area contributed by atoms with E-state index in [4.69, 9.17) is 10.1 Å². The summed E-state index contributed by atoms with van der Waals surface area (Å²) in [6, 6.07) is 10.6. The molecule has 1 aliphatic carbocycles. The number of benzene rings is 1. The van der Waals surface area contributed by atoms with Gasteiger partial charge in [0.25, 0.3) is 0 Å². The SMILES string of the molecule is Cc1ccc(-c2cnn(CC3(C)CCCCC3)c2)c(-c2ccc3cn[nH]c3c2)n1. The Morgan fingerprint density at radius 2 is 1.90 bits per heavy atom. The van der Waals surface area contributed by atoms with Crippen LogP contribution in [0.1, 0.15) is 44.7 Å². The quantitative estimate of drug-likeness (QED) is 0.485. The van der Waals surface area contributed by atoms with Crippen LogP contribution in [-0.2, 0) is 6.54 Å². The summed E-state index contributed by atoms with van der Waals surface area (Å²) < 4.78 is 2.13. The van der Waals surface area contributed by atoms with E-state index in [0.717, 1.165) is 45.5 Å². The van der Waals surface area contributed by atoms with Crippen LogP contribution in [0.5, 0.6) is 0 Å². The Balaban J connectivity index is 1.51. The van der Waals surface area contributed by atoms with Crippen molar-refractivity contribution in [1.82, 2.24) is 25.0 Å². The van der Waals surface area contributed by atoms with Crippen LogP contribution in [0.25, 0.3) is 33.3 Å². The summed E-state index contributed by atoms with van der Waals surface area (Å²) in [6.07, 6.45) is 12.7. The van der Waals surface area contributed by atoms with Gasteiger partial charge in [-0.05, 0) is 37.3 Å². The van der Waals surface area contributed by atoms with Gasteiger partial charge in [0, 0.05) is 40.5 Å². The van der Waals surface area contributed by atoms with Gasteiger partial charge >= 0.3 is 0 Å². The lowest BCUT2D eigenvalue weighted by molar-refractivity contribution is 0.176. The first kappa shape index (κ1) is 18.1. The van der Waals surface area contributed by atoms with E-state index >= 15 is 0 Å². The summed E-state index contributed by atoms with van der Waals surface area (Å²) >= 11 is 0. The molecule has 1 fully saturated rings. The molecule has 5 rings (SSSR count). The van der Waals surface area contributed by atoms with Gasteiger partial charge in [0.2, 0.25) is 0 Å². The molecule has 0 unspecified atom stereocenters. The molecule has 1 N–H and O–H groups in total. The minimum Gasteiger partial charge on any atom is -0.278 e. The van der Waals surface area contributed by atoms with Crippen molar-refractivity contribution in [2.75, 3.05) is 0 Å². The lowest BCUT2D eigenvalue weighted by Crippen LogP contribution is -2.26. The maximum Gasteiger partial charge on any atom is 0.0785 e. The van der Waals surface area contributed by atoms with Crippen molar-refractivity contribution in [3.05, 3.63) is 54.6 Å². The van der Waals surface area contributed by atoms with Crippen LogP contribution < -0.4 is 0 Å². The molecule has 0 amide bonds. The third-order valence-corrected chi connectivity index (χ3v) is 6.30. The number of aromatic amines is 1. The fraction of sp³-hybridized carbons (Fsp3) is 0.375. The highest BCUT2D eigenvalue weighted by Gasteiger charge is 2.27. The van der Waals surface area contributed by atoms with Crippen LogP contribution in [0.2, 0.25) is 0 Å². The molecule has 148 valence electrons. The molecular formula is C24H27N5. The first-order valence-electron chi connectivity index (χ1n) is 10.5. The second-order valence-electron chi connectivity index (χ2n) is 8.82. The first-order valence-corrected chi connectivity index (χ1v) is 10.5. The third-order valence-electron chi connectivity index (χ3n) is 6.30. The number of hydrogen-bond acceptors (Lipinski definition) is 3. The molecule has 1 saturated carbocycles. The number of aromatic nitrogens is 5. The molecule has 0 bridgehead atoms. The maximum absolute atomic E-state index is 4.88. The minimum atomic E-state index is 0.363. The number of nitrogens with one attached hydrogen (secondary N) is 1. The van der Waals surface area contributed by atoms with E-state index in [1.54, 1.807) is 0 Å². The number of fused-ring (bicyclic) bond motifs is 1. The lowest BCUT2D eigenvalue weighted by atomic mass is 9.76. The molecule has 0 aliphatic heterocycles. The van der Waals surface area contributed by atoms with E-state index in [-0.39, 0.29) is 0 Å². The largest absolute Gasteiger partial charge is 0.278 e. The topological polar surface area (TPSA) is 59.4 Å². The molecular weight excluding hydrogens is 358 g/mol. The molecule has 0 spiro atoms. The lowest BCUT2D eigenvalue weighted by Gasteiger charge is -2.33.